The first kappa shape index (κ1) is 21.4. The van der Waals surface area contributed by atoms with Crippen LogP contribution in [0.5, 0.6) is 0 Å². The molecule has 0 unspecified atom stereocenters. The third-order valence-corrected chi connectivity index (χ3v) is 7.45. The van der Waals surface area contributed by atoms with E-state index >= 15 is 0 Å². The third kappa shape index (κ3) is 4.47. The van der Waals surface area contributed by atoms with E-state index in [0.29, 0.717) is 17.8 Å². The Labute approximate surface area is 174 Å². The molecule has 0 saturated carbocycles. The largest absolute Gasteiger partial charge is 0.338 e. The lowest BCUT2D eigenvalue weighted by atomic mass is 9.84. The Morgan fingerprint density at radius 1 is 1.07 bits per heavy atom. The highest BCUT2D eigenvalue weighted by Gasteiger charge is 2.30. The second-order valence-corrected chi connectivity index (χ2v) is 10.8. The molecular formula is C23H30N2O3S. The van der Waals surface area contributed by atoms with Gasteiger partial charge in [-0.1, -0.05) is 37.6 Å². The van der Waals surface area contributed by atoms with Crippen LogP contribution in [0.4, 0.5) is 5.69 Å². The number of benzene rings is 2. The summed E-state index contributed by atoms with van der Waals surface area (Å²) in [5.74, 6) is -0.0415. The average molecular weight is 415 g/mol. The number of anilines is 1. The van der Waals surface area contributed by atoms with Gasteiger partial charge in [-0.25, -0.2) is 8.42 Å². The van der Waals surface area contributed by atoms with Gasteiger partial charge in [0.05, 0.1) is 10.6 Å². The zero-order chi connectivity index (χ0) is 21.4. The number of amides is 1. The minimum Gasteiger partial charge on any atom is -0.338 e. The summed E-state index contributed by atoms with van der Waals surface area (Å²) in [6, 6.07) is 12.1. The lowest BCUT2D eigenvalue weighted by Gasteiger charge is -2.38. The number of sulfonamides is 1. The van der Waals surface area contributed by atoms with Crippen LogP contribution in [0.25, 0.3) is 0 Å². The van der Waals surface area contributed by atoms with Gasteiger partial charge in [0.2, 0.25) is 0 Å². The van der Waals surface area contributed by atoms with Crippen LogP contribution in [-0.2, 0) is 10.0 Å². The van der Waals surface area contributed by atoms with E-state index in [2.05, 4.69) is 13.8 Å². The van der Waals surface area contributed by atoms with Gasteiger partial charge in [-0.2, -0.15) is 0 Å². The summed E-state index contributed by atoms with van der Waals surface area (Å²) in [5.41, 5.74) is 2.95. The van der Waals surface area contributed by atoms with E-state index in [9.17, 15) is 13.2 Å². The smallest absolute Gasteiger partial charge is 0.264 e. The van der Waals surface area contributed by atoms with Crippen molar-refractivity contribution in [2.24, 2.45) is 5.41 Å². The van der Waals surface area contributed by atoms with E-state index in [4.69, 9.17) is 0 Å². The highest BCUT2D eigenvalue weighted by atomic mass is 32.2. The molecule has 2 aromatic carbocycles. The molecule has 0 bridgehead atoms. The van der Waals surface area contributed by atoms with Gasteiger partial charge in [0.15, 0.2) is 0 Å². The molecule has 0 aromatic heterocycles. The maximum Gasteiger partial charge on any atom is 0.264 e. The summed E-state index contributed by atoms with van der Waals surface area (Å²) < 4.78 is 27.5. The third-order valence-electron chi connectivity index (χ3n) is 5.66. The van der Waals surface area contributed by atoms with Gasteiger partial charge < -0.3 is 4.90 Å². The minimum absolute atomic E-state index is 0.0415. The summed E-state index contributed by atoms with van der Waals surface area (Å²) in [7, 11) is -2.17. The average Bonchev–Trinajstić information content (AvgIpc) is 2.67. The molecule has 0 radical (unpaired) electrons. The lowest BCUT2D eigenvalue weighted by Crippen LogP contribution is -2.43. The molecule has 0 atom stereocenters. The second kappa shape index (κ2) is 7.82. The van der Waals surface area contributed by atoms with Crippen LogP contribution in [0.1, 0.15) is 48.2 Å². The van der Waals surface area contributed by atoms with Gasteiger partial charge in [0, 0.05) is 25.7 Å². The van der Waals surface area contributed by atoms with Crippen LogP contribution in [0, 0.1) is 19.3 Å². The van der Waals surface area contributed by atoms with Crippen LogP contribution in [0.2, 0.25) is 0 Å². The molecule has 5 nitrogen and oxygen atoms in total. The number of aryl methyl sites for hydroxylation is 2. The molecule has 156 valence electrons. The van der Waals surface area contributed by atoms with Crippen LogP contribution in [0.15, 0.2) is 47.4 Å². The first-order valence-electron chi connectivity index (χ1n) is 9.97. The summed E-state index contributed by atoms with van der Waals surface area (Å²) in [4.78, 5) is 15.2. The minimum atomic E-state index is -3.71. The van der Waals surface area contributed by atoms with Gasteiger partial charge in [-0.15, -0.1) is 0 Å². The number of hydrogen-bond donors (Lipinski definition) is 0. The second-order valence-electron chi connectivity index (χ2n) is 8.78. The van der Waals surface area contributed by atoms with E-state index in [1.165, 1.54) is 11.4 Å². The van der Waals surface area contributed by atoms with Gasteiger partial charge >= 0.3 is 0 Å². The molecule has 2 aromatic rings. The predicted molar refractivity (Wildman–Crippen MR) is 117 cm³/mol. The number of likely N-dealkylation sites (tertiary alicyclic amines) is 1. The Bertz CT molecular complexity index is 1010. The lowest BCUT2D eigenvalue weighted by molar-refractivity contribution is 0.0583. The number of carbonyl (C=O) groups is 1. The SMILES string of the molecule is Cc1ccc(S(=O)(=O)N(C)c2cc(C(=O)N3CCCC(C)(C)C3)ccc2C)cc1. The van der Waals surface area contributed by atoms with Crippen molar-refractivity contribution in [1.82, 2.24) is 4.90 Å². The first-order chi connectivity index (χ1) is 13.5. The van der Waals surface area contributed by atoms with Crippen molar-refractivity contribution >= 4 is 21.6 Å². The van der Waals surface area contributed by atoms with Crippen molar-refractivity contribution < 1.29 is 13.2 Å². The molecule has 1 fully saturated rings. The van der Waals surface area contributed by atoms with Crippen molar-refractivity contribution in [2.75, 3.05) is 24.4 Å². The number of rotatable bonds is 4. The van der Waals surface area contributed by atoms with Gasteiger partial charge in [0.1, 0.15) is 0 Å². The fourth-order valence-corrected chi connectivity index (χ4v) is 5.11. The fourth-order valence-electron chi connectivity index (χ4n) is 3.86. The number of carbonyl (C=O) groups excluding carboxylic acids is 1. The maximum absolute atomic E-state index is 13.1. The molecule has 1 aliphatic rings. The maximum atomic E-state index is 13.1. The van der Waals surface area contributed by atoms with Crippen LogP contribution in [-0.4, -0.2) is 39.4 Å². The zero-order valence-electron chi connectivity index (χ0n) is 17.9. The van der Waals surface area contributed by atoms with Crippen molar-refractivity contribution in [3.8, 4) is 0 Å². The number of hydrogen-bond acceptors (Lipinski definition) is 3. The molecule has 1 saturated heterocycles. The monoisotopic (exact) mass is 414 g/mol. The Hall–Kier alpha value is -2.34. The summed E-state index contributed by atoms with van der Waals surface area (Å²) in [6.45, 7) is 9.58. The molecular weight excluding hydrogens is 384 g/mol. The fraction of sp³-hybridized carbons (Fsp3) is 0.435. The molecule has 0 N–H and O–H groups in total. The van der Waals surface area contributed by atoms with Crippen molar-refractivity contribution in [1.29, 1.82) is 0 Å². The van der Waals surface area contributed by atoms with Crippen molar-refractivity contribution in [2.45, 2.75) is 45.4 Å². The molecule has 3 rings (SSSR count). The van der Waals surface area contributed by atoms with Crippen LogP contribution < -0.4 is 4.31 Å². The topological polar surface area (TPSA) is 57.7 Å². The number of piperidine rings is 1. The molecule has 6 heteroatoms. The van der Waals surface area contributed by atoms with E-state index in [-0.39, 0.29) is 16.2 Å². The molecule has 1 amide bonds. The van der Waals surface area contributed by atoms with E-state index in [0.717, 1.165) is 30.5 Å². The Kier molecular flexibility index (Phi) is 5.77. The van der Waals surface area contributed by atoms with E-state index < -0.39 is 10.0 Å². The Morgan fingerprint density at radius 2 is 1.72 bits per heavy atom. The standard InChI is InChI=1S/C23H30N2O3S/c1-17-7-11-20(12-8-17)29(27,28)24(5)21-15-19(10-9-18(21)2)22(26)25-14-6-13-23(3,4)16-25/h7-12,15H,6,13-14,16H2,1-5H3. The van der Waals surface area contributed by atoms with Crippen molar-refractivity contribution in [3.63, 3.8) is 0 Å². The quantitative estimate of drug-likeness (QED) is 0.745. The molecule has 29 heavy (non-hydrogen) atoms. The highest BCUT2D eigenvalue weighted by Crippen LogP contribution is 2.31. The van der Waals surface area contributed by atoms with Crippen LogP contribution >= 0.6 is 0 Å². The summed E-state index contributed by atoms with van der Waals surface area (Å²) >= 11 is 0. The van der Waals surface area contributed by atoms with Gasteiger partial charge in [0.25, 0.3) is 15.9 Å². The summed E-state index contributed by atoms with van der Waals surface area (Å²) in [6.07, 6.45) is 2.09. The van der Waals surface area contributed by atoms with Crippen molar-refractivity contribution in [3.05, 3.63) is 59.2 Å². The van der Waals surface area contributed by atoms with Crippen LogP contribution in [0.3, 0.4) is 0 Å². The molecule has 0 spiro atoms. The Balaban J connectivity index is 1.92. The molecule has 0 aliphatic carbocycles. The summed E-state index contributed by atoms with van der Waals surface area (Å²) in [5, 5.41) is 0. The zero-order valence-corrected chi connectivity index (χ0v) is 18.7. The molecule has 1 aliphatic heterocycles. The first-order valence-corrected chi connectivity index (χ1v) is 11.4. The van der Waals surface area contributed by atoms with E-state index in [1.54, 1.807) is 36.4 Å². The normalized spacial score (nSPS) is 16.5. The Morgan fingerprint density at radius 3 is 2.34 bits per heavy atom. The number of nitrogens with zero attached hydrogens (tertiary/aromatic N) is 2. The predicted octanol–water partition coefficient (Wildman–Crippen LogP) is 4.39. The highest BCUT2D eigenvalue weighted by molar-refractivity contribution is 7.92. The molecule has 1 heterocycles. The van der Waals surface area contributed by atoms with Gasteiger partial charge in [-0.05, 0) is 61.9 Å². The van der Waals surface area contributed by atoms with E-state index in [1.807, 2.05) is 24.8 Å². The van der Waals surface area contributed by atoms with Gasteiger partial charge in [-0.3, -0.25) is 9.10 Å².